The molecule has 0 saturated carbocycles. The van der Waals surface area contributed by atoms with Crippen LogP contribution in [0.25, 0.3) is 0 Å². The molecule has 0 spiro atoms. The van der Waals surface area contributed by atoms with E-state index in [-0.39, 0.29) is 0 Å². The fraction of sp³-hybridized carbons (Fsp3) is 0.600. The summed E-state index contributed by atoms with van der Waals surface area (Å²) in [6.45, 7) is 4.35. The average molecular weight is 95.2 g/mol. The fourth-order valence-electron chi connectivity index (χ4n) is 0.325. The van der Waals surface area contributed by atoms with E-state index in [1.807, 2.05) is 0 Å². The average Bonchev–Trinajstić information content (AvgIpc) is 1.73. The van der Waals surface area contributed by atoms with Gasteiger partial charge in [-0.1, -0.05) is 25.1 Å². The molecule has 0 heterocycles. The lowest BCUT2D eigenvalue weighted by atomic mass is 10.2. The van der Waals surface area contributed by atoms with Crippen LogP contribution in [0.2, 0.25) is 0 Å². The summed E-state index contributed by atoms with van der Waals surface area (Å²) in [5, 5.41) is 1.34. The number of rotatable bonds is 0. The lowest BCUT2D eigenvalue weighted by Gasteiger charge is -1.94. The molecule has 0 aliphatic heterocycles. The van der Waals surface area contributed by atoms with Gasteiger partial charge in [0.1, 0.15) is 0 Å². The standard InChI is InChI=1S/C5H7Si/c1-5(2)3-4(5)6/h3H,1-2H3. The van der Waals surface area contributed by atoms with Crippen molar-refractivity contribution in [3.05, 3.63) is 11.3 Å². The van der Waals surface area contributed by atoms with Crippen LogP contribution in [0, 0.1) is 5.41 Å². The van der Waals surface area contributed by atoms with Gasteiger partial charge in [-0.25, -0.2) is 0 Å². The maximum absolute atomic E-state index is 3.41. The molecule has 0 atom stereocenters. The van der Waals surface area contributed by atoms with Gasteiger partial charge in [0.05, 0.1) is 10.2 Å². The van der Waals surface area contributed by atoms with E-state index in [1.54, 1.807) is 0 Å². The Labute approximate surface area is 41.7 Å². The topological polar surface area (TPSA) is 0 Å². The number of hydrogen-bond donors (Lipinski definition) is 0. The minimum absolute atomic E-state index is 0.414. The van der Waals surface area contributed by atoms with E-state index in [0.29, 0.717) is 5.41 Å². The normalized spacial score (nSPS) is 26.2. The summed E-state index contributed by atoms with van der Waals surface area (Å²) in [7, 11) is 3.41. The maximum atomic E-state index is 3.41. The van der Waals surface area contributed by atoms with E-state index in [9.17, 15) is 0 Å². The Kier molecular flexibility index (Phi) is 0.538. The van der Waals surface area contributed by atoms with Gasteiger partial charge < -0.3 is 0 Å². The molecule has 3 radical (unpaired) electrons. The Morgan fingerprint density at radius 2 is 1.83 bits per heavy atom. The van der Waals surface area contributed by atoms with Crippen LogP contribution in [0.15, 0.2) is 11.3 Å². The van der Waals surface area contributed by atoms with Gasteiger partial charge in [0.2, 0.25) is 0 Å². The third-order valence-corrected chi connectivity index (χ3v) is 1.90. The number of allylic oxidation sites excluding steroid dienone is 2. The highest BCUT2D eigenvalue weighted by atomic mass is 28.1. The number of hydrogen-bond acceptors (Lipinski definition) is 0. The maximum Gasteiger partial charge on any atom is 0.0658 e. The first kappa shape index (κ1) is 4.12. The first-order valence-electron chi connectivity index (χ1n) is 2.08. The molecular formula is C5H7Si. The first-order valence-corrected chi connectivity index (χ1v) is 2.58. The second kappa shape index (κ2) is 0.783. The van der Waals surface area contributed by atoms with E-state index in [4.69, 9.17) is 0 Å². The van der Waals surface area contributed by atoms with Crippen molar-refractivity contribution in [3.63, 3.8) is 0 Å². The van der Waals surface area contributed by atoms with Crippen molar-refractivity contribution in [2.24, 2.45) is 5.41 Å². The molecule has 0 nitrogen and oxygen atoms in total. The molecule has 0 saturated heterocycles. The highest BCUT2D eigenvalue weighted by molar-refractivity contribution is 6.25. The highest BCUT2D eigenvalue weighted by Crippen LogP contribution is 2.39. The van der Waals surface area contributed by atoms with Crippen LogP contribution >= 0.6 is 0 Å². The molecular weight excluding hydrogens is 88.1 g/mol. The van der Waals surface area contributed by atoms with Crippen molar-refractivity contribution in [2.45, 2.75) is 13.8 Å². The van der Waals surface area contributed by atoms with Gasteiger partial charge >= 0.3 is 0 Å². The van der Waals surface area contributed by atoms with Crippen LogP contribution in [0.3, 0.4) is 0 Å². The Hall–Kier alpha value is -0.0431. The van der Waals surface area contributed by atoms with Crippen molar-refractivity contribution in [3.8, 4) is 0 Å². The molecule has 0 N–H and O–H groups in total. The third-order valence-electron chi connectivity index (χ3n) is 1.12. The highest BCUT2D eigenvalue weighted by Gasteiger charge is 2.28. The van der Waals surface area contributed by atoms with E-state index in [0.717, 1.165) is 0 Å². The van der Waals surface area contributed by atoms with Crippen LogP contribution in [-0.2, 0) is 0 Å². The van der Waals surface area contributed by atoms with Crippen molar-refractivity contribution in [1.82, 2.24) is 0 Å². The zero-order valence-electron chi connectivity index (χ0n) is 4.08. The molecule has 0 amide bonds. The van der Waals surface area contributed by atoms with Crippen molar-refractivity contribution in [1.29, 1.82) is 0 Å². The minimum atomic E-state index is 0.414. The molecule has 0 aromatic heterocycles. The molecule has 0 fully saturated rings. The second-order valence-electron chi connectivity index (χ2n) is 2.28. The first-order chi connectivity index (χ1) is 2.63. The molecule has 31 valence electrons. The van der Waals surface area contributed by atoms with Crippen LogP contribution in [0.5, 0.6) is 0 Å². The summed E-state index contributed by atoms with van der Waals surface area (Å²) in [5.41, 5.74) is 0.414. The fourth-order valence-corrected chi connectivity index (χ4v) is 0.686. The second-order valence-corrected chi connectivity index (χ2v) is 2.82. The summed E-state index contributed by atoms with van der Waals surface area (Å²) in [4.78, 5) is 0. The molecule has 0 aromatic carbocycles. The summed E-state index contributed by atoms with van der Waals surface area (Å²) in [6.07, 6.45) is 2.18. The predicted octanol–water partition coefficient (Wildman–Crippen LogP) is 1.08. The van der Waals surface area contributed by atoms with Gasteiger partial charge in [-0.15, -0.1) is 0 Å². The zero-order chi connectivity index (χ0) is 4.78. The molecule has 1 aliphatic carbocycles. The lowest BCUT2D eigenvalue weighted by molar-refractivity contribution is 0.722. The van der Waals surface area contributed by atoms with Crippen molar-refractivity contribution < 1.29 is 0 Å². The van der Waals surface area contributed by atoms with Crippen LogP contribution in [0.4, 0.5) is 0 Å². The quantitative estimate of drug-likeness (QED) is 0.395. The van der Waals surface area contributed by atoms with Gasteiger partial charge in [-0.2, -0.15) is 0 Å². The van der Waals surface area contributed by atoms with Gasteiger partial charge in [-0.05, 0) is 5.41 Å². The van der Waals surface area contributed by atoms with Gasteiger partial charge in [0.15, 0.2) is 0 Å². The molecule has 1 heteroatoms. The Bertz CT molecular complexity index is 101. The van der Waals surface area contributed by atoms with E-state index >= 15 is 0 Å². The molecule has 1 aliphatic rings. The molecule has 0 bridgehead atoms. The monoisotopic (exact) mass is 95.0 g/mol. The zero-order valence-corrected chi connectivity index (χ0v) is 5.08. The van der Waals surface area contributed by atoms with Gasteiger partial charge in [0.25, 0.3) is 0 Å². The van der Waals surface area contributed by atoms with Gasteiger partial charge in [0, 0.05) is 0 Å². The van der Waals surface area contributed by atoms with E-state index in [2.05, 4.69) is 30.2 Å². The molecule has 0 unspecified atom stereocenters. The van der Waals surface area contributed by atoms with Crippen molar-refractivity contribution in [2.75, 3.05) is 0 Å². The Balaban J connectivity index is 2.53. The van der Waals surface area contributed by atoms with Crippen LogP contribution in [-0.4, -0.2) is 10.2 Å². The van der Waals surface area contributed by atoms with Crippen LogP contribution in [0.1, 0.15) is 13.8 Å². The predicted molar refractivity (Wildman–Crippen MR) is 27.6 cm³/mol. The minimum Gasteiger partial charge on any atom is -0.0823 e. The smallest absolute Gasteiger partial charge is 0.0658 e. The Morgan fingerprint density at radius 1 is 1.67 bits per heavy atom. The van der Waals surface area contributed by atoms with Crippen molar-refractivity contribution >= 4 is 10.2 Å². The Morgan fingerprint density at radius 3 is 1.83 bits per heavy atom. The van der Waals surface area contributed by atoms with E-state index in [1.165, 1.54) is 5.20 Å². The summed E-state index contributed by atoms with van der Waals surface area (Å²) < 4.78 is 0. The van der Waals surface area contributed by atoms with E-state index < -0.39 is 0 Å². The molecule has 1 rings (SSSR count). The summed E-state index contributed by atoms with van der Waals surface area (Å²) in [6, 6.07) is 0. The third kappa shape index (κ3) is 0.431. The molecule has 6 heavy (non-hydrogen) atoms. The summed E-state index contributed by atoms with van der Waals surface area (Å²) in [5.74, 6) is 0. The van der Waals surface area contributed by atoms with Crippen LogP contribution < -0.4 is 0 Å². The lowest BCUT2D eigenvalue weighted by Crippen LogP contribution is -1.87. The van der Waals surface area contributed by atoms with Gasteiger partial charge in [-0.3, -0.25) is 0 Å². The molecule has 0 aromatic rings. The summed E-state index contributed by atoms with van der Waals surface area (Å²) >= 11 is 0. The largest absolute Gasteiger partial charge is 0.0823 e. The SMILES string of the molecule is CC1(C)C=C1[Si].